The lowest BCUT2D eigenvalue weighted by Crippen LogP contribution is -2.49. The molecule has 2 aromatic rings. The molecule has 0 aliphatic rings. The van der Waals surface area contributed by atoms with Gasteiger partial charge in [-0.15, -0.1) is 0 Å². The molecule has 0 aliphatic heterocycles. The lowest BCUT2D eigenvalue weighted by molar-refractivity contribution is -0.121. The Kier molecular flexibility index (Phi) is 5.44. The highest BCUT2D eigenvalue weighted by Crippen LogP contribution is 2.18. The number of anilines is 1. The minimum Gasteiger partial charge on any atom is -0.320 e. The fourth-order valence-corrected chi connectivity index (χ4v) is 2.35. The van der Waals surface area contributed by atoms with E-state index >= 15 is 0 Å². The molecule has 0 radical (unpaired) electrons. The van der Waals surface area contributed by atoms with Crippen LogP contribution in [0.5, 0.6) is 0 Å². The number of hydrogen-bond donors (Lipinski definition) is 1. The molecule has 4 nitrogen and oxygen atoms in total. The van der Waals surface area contributed by atoms with Gasteiger partial charge in [0.25, 0.3) is 0 Å². The Balaban J connectivity index is 2.20. The molecular formula is C18H20N2O2. The van der Waals surface area contributed by atoms with Crippen molar-refractivity contribution in [3.8, 4) is 0 Å². The number of carbonyl (C=O) groups is 2. The van der Waals surface area contributed by atoms with Crippen LogP contribution in [0.4, 0.5) is 5.69 Å². The maximum atomic E-state index is 12.7. The number of hydrogen-bond acceptors (Lipinski definition) is 3. The topological polar surface area (TPSA) is 63.4 Å². The van der Waals surface area contributed by atoms with Gasteiger partial charge in [-0.05, 0) is 31.0 Å². The Morgan fingerprint density at radius 2 is 1.64 bits per heavy atom. The van der Waals surface area contributed by atoms with Crippen LogP contribution in [0.3, 0.4) is 0 Å². The number of carbonyl (C=O) groups excluding carboxylic acids is 2. The summed E-state index contributed by atoms with van der Waals surface area (Å²) >= 11 is 0. The molecule has 2 aromatic carbocycles. The van der Waals surface area contributed by atoms with E-state index in [0.717, 1.165) is 11.8 Å². The van der Waals surface area contributed by atoms with Gasteiger partial charge in [0, 0.05) is 5.69 Å². The Labute approximate surface area is 130 Å². The zero-order chi connectivity index (χ0) is 15.9. The Hall–Kier alpha value is -2.46. The van der Waals surface area contributed by atoms with Crippen LogP contribution >= 0.6 is 0 Å². The zero-order valence-corrected chi connectivity index (χ0v) is 12.6. The monoisotopic (exact) mass is 296 g/mol. The summed E-state index contributed by atoms with van der Waals surface area (Å²) in [7, 11) is 0. The van der Waals surface area contributed by atoms with Crippen molar-refractivity contribution in [1.82, 2.24) is 0 Å². The summed E-state index contributed by atoms with van der Waals surface area (Å²) in [6.45, 7) is 1.69. The number of benzene rings is 2. The van der Waals surface area contributed by atoms with Crippen LogP contribution in [0.25, 0.3) is 0 Å². The molecule has 1 amide bonds. The summed E-state index contributed by atoms with van der Waals surface area (Å²) in [5, 5.41) is 0. The molecule has 0 saturated carbocycles. The minimum atomic E-state index is -0.690. The Morgan fingerprint density at radius 3 is 2.18 bits per heavy atom. The highest BCUT2D eigenvalue weighted by Gasteiger charge is 2.26. The van der Waals surface area contributed by atoms with Crippen LogP contribution in [0.1, 0.15) is 12.5 Å². The summed E-state index contributed by atoms with van der Waals surface area (Å²) in [5.74, 6) is -0.255. The first kappa shape index (κ1) is 15.9. The minimum absolute atomic E-state index is 0.255. The van der Waals surface area contributed by atoms with Crippen LogP contribution in [0, 0.1) is 0 Å². The van der Waals surface area contributed by atoms with Crippen molar-refractivity contribution in [2.75, 3.05) is 4.90 Å². The predicted octanol–water partition coefficient (Wildman–Crippen LogP) is 2.18. The van der Waals surface area contributed by atoms with Crippen LogP contribution in [0.2, 0.25) is 0 Å². The first-order valence-electron chi connectivity index (χ1n) is 7.26. The van der Waals surface area contributed by atoms with Crippen LogP contribution in [-0.2, 0) is 16.0 Å². The standard InChI is InChI=1S/C18H20N2O2/c1-14(13-21)20(16-10-6-3-7-11-16)18(22)17(19)12-15-8-4-2-5-9-15/h2-11,13-14,17H,12,19H2,1H3/t14-,17-/m0/s1. The first-order valence-corrected chi connectivity index (χ1v) is 7.26. The lowest BCUT2D eigenvalue weighted by atomic mass is 10.0. The van der Waals surface area contributed by atoms with Crippen LogP contribution in [0.15, 0.2) is 60.7 Å². The predicted molar refractivity (Wildman–Crippen MR) is 87.6 cm³/mol. The molecule has 22 heavy (non-hydrogen) atoms. The van der Waals surface area contributed by atoms with E-state index in [2.05, 4.69) is 0 Å². The number of aldehydes is 1. The van der Waals surface area contributed by atoms with E-state index in [9.17, 15) is 9.59 Å². The van der Waals surface area contributed by atoms with Crippen molar-refractivity contribution in [3.05, 3.63) is 66.2 Å². The summed E-state index contributed by atoms with van der Waals surface area (Å²) in [6, 6.07) is 17.5. The summed E-state index contributed by atoms with van der Waals surface area (Å²) in [4.78, 5) is 25.3. The smallest absolute Gasteiger partial charge is 0.244 e. The van der Waals surface area contributed by atoms with Gasteiger partial charge in [0.1, 0.15) is 6.29 Å². The molecule has 4 heteroatoms. The van der Waals surface area contributed by atoms with E-state index < -0.39 is 12.1 Å². The van der Waals surface area contributed by atoms with Gasteiger partial charge in [-0.3, -0.25) is 4.79 Å². The molecular weight excluding hydrogens is 276 g/mol. The van der Waals surface area contributed by atoms with Gasteiger partial charge in [-0.25, -0.2) is 0 Å². The molecule has 0 saturated heterocycles. The third-order valence-electron chi connectivity index (χ3n) is 3.49. The highest BCUT2D eigenvalue weighted by molar-refractivity contribution is 6.00. The van der Waals surface area contributed by atoms with Crippen molar-refractivity contribution in [1.29, 1.82) is 0 Å². The van der Waals surface area contributed by atoms with Gasteiger partial charge in [0.05, 0.1) is 12.1 Å². The molecule has 2 N–H and O–H groups in total. The van der Waals surface area contributed by atoms with Gasteiger partial charge in [-0.2, -0.15) is 0 Å². The molecule has 0 unspecified atom stereocenters. The van der Waals surface area contributed by atoms with Gasteiger partial charge in [0.2, 0.25) is 5.91 Å². The third-order valence-corrected chi connectivity index (χ3v) is 3.49. The van der Waals surface area contributed by atoms with E-state index in [4.69, 9.17) is 5.73 Å². The molecule has 0 aliphatic carbocycles. The van der Waals surface area contributed by atoms with E-state index in [1.807, 2.05) is 48.5 Å². The molecule has 0 bridgehead atoms. The average molecular weight is 296 g/mol. The molecule has 114 valence electrons. The highest BCUT2D eigenvalue weighted by atomic mass is 16.2. The first-order chi connectivity index (χ1) is 10.6. The second kappa shape index (κ2) is 7.52. The van der Waals surface area contributed by atoms with Crippen molar-refractivity contribution < 1.29 is 9.59 Å². The molecule has 0 spiro atoms. The second-order valence-corrected chi connectivity index (χ2v) is 5.22. The maximum Gasteiger partial charge on any atom is 0.244 e. The summed E-state index contributed by atoms with van der Waals surface area (Å²) < 4.78 is 0. The zero-order valence-electron chi connectivity index (χ0n) is 12.6. The average Bonchev–Trinajstić information content (AvgIpc) is 2.56. The molecule has 2 rings (SSSR count). The number of rotatable bonds is 6. The maximum absolute atomic E-state index is 12.7. The van der Waals surface area contributed by atoms with Gasteiger partial charge < -0.3 is 15.4 Å². The fraction of sp³-hybridized carbons (Fsp3) is 0.222. The number of amides is 1. The van der Waals surface area contributed by atoms with E-state index in [1.54, 1.807) is 19.1 Å². The second-order valence-electron chi connectivity index (χ2n) is 5.22. The SMILES string of the molecule is C[C@@H](C=O)N(C(=O)[C@@H](N)Cc1ccccc1)c1ccccc1. The number of para-hydroxylation sites is 1. The Morgan fingerprint density at radius 1 is 1.09 bits per heavy atom. The van der Waals surface area contributed by atoms with E-state index in [1.165, 1.54) is 4.90 Å². The van der Waals surface area contributed by atoms with Crippen molar-refractivity contribution in [2.24, 2.45) is 5.73 Å². The quantitative estimate of drug-likeness (QED) is 0.831. The third kappa shape index (κ3) is 3.80. The Bertz CT molecular complexity index is 613. The van der Waals surface area contributed by atoms with Crippen molar-refractivity contribution in [2.45, 2.75) is 25.4 Å². The largest absolute Gasteiger partial charge is 0.320 e. The van der Waals surface area contributed by atoms with E-state index in [-0.39, 0.29) is 5.91 Å². The summed E-state index contributed by atoms with van der Waals surface area (Å²) in [6.07, 6.45) is 1.19. The molecule has 0 aromatic heterocycles. The van der Waals surface area contributed by atoms with E-state index in [0.29, 0.717) is 12.1 Å². The number of nitrogens with zero attached hydrogens (tertiary/aromatic N) is 1. The van der Waals surface area contributed by atoms with Gasteiger partial charge >= 0.3 is 0 Å². The molecule has 2 atom stereocenters. The lowest BCUT2D eigenvalue weighted by Gasteiger charge is -2.28. The fourth-order valence-electron chi connectivity index (χ4n) is 2.35. The van der Waals surface area contributed by atoms with Gasteiger partial charge in [-0.1, -0.05) is 48.5 Å². The normalized spacial score (nSPS) is 13.2. The van der Waals surface area contributed by atoms with Gasteiger partial charge in [0.15, 0.2) is 0 Å². The molecule has 0 fully saturated rings. The molecule has 0 heterocycles. The van der Waals surface area contributed by atoms with Crippen molar-refractivity contribution in [3.63, 3.8) is 0 Å². The van der Waals surface area contributed by atoms with Crippen LogP contribution in [-0.4, -0.2) is 24.3 Å². The number of nitrogens with two attached hydrogens (primary N) is 1. The van der Waals surface area contributed by atoms with Crippen LogP contribution < -0.4 is 10.6 Å². The summed E-state index contributed by atoms with van der Waals surface area (Å²) in [5.41, 5.74) is 7.74. The van der Waals surface area contributed by atoms with Crippen molar-refractivity contribution >= 4 is 17.9 Å².